The molecule has 0 aromatic carbocycles. The summed E-state index contributed by atoms with van der Waals surface area (Å²) in [7, 11) is -4.91. The Bertz CT molecular complexity index is 774. The zero-order valence-corrected chi connectivity index (χ0v) is 15.2. The van der Waals surface area contributed by atoms with E-state index in [1.54, 1.807) is 0 Å². The van der Waals surface area contributed by atoms with E-state index >= 15 is 0 Å². The van der Waals surface area contributed by atoms with E-state index in [0.717, 1.165) is 10.8 Å². The molecule has 0 bridgehead atoms. The highest BCUT2D eigenvalue weighted by atomic mass is 79.9. The largest absolute Gasteiger partial charge is 0.472 e. The van der Waals surface area contributed by atoms with Gasteiger partial charge in [0.05, 0.1) is 5.33 Å². The maximum atomic E-state index is 11.8. The summed E-state index contributed by atoms with van der Waals surface area (Å²) in [4.78, 5) is 54.4. The Kier molecular flexibility index (Phi) is 8.50. The van der Waals surface area contributed by atoms with Crippen molar-refractivity contribution in [1.29, 1.82) is 0 Å². The van der Waals surface area contributed by atoms with E-state index < -0.39 is 43.5 Å². The van der Waals surface area contributed by atoms with Crippen molar-refractivity contribution in [2.45, 2.75) is 25.0 Å². The lowest BCUT2D eigenvalue weighted by Gasteiger charge is -2.17. The Labute approximate surface area is 148 Å². The fraction of sp³-hybridized carbons (Fsp3) is 0.500. The molecule has 1 aromatic heterocycles. The summed E-state index contributed by atoms with van der Waals surface area (Å²) in [5.41, 5.74) is -2.09. The molecule has 3 atom stereocenters. The molecule has 13 nitrogen and oxygen atoms in total. The van der Waals surface area contributed by atoms with Gasteiger partial charge in [-0.15, -0.1) is 0 Å². The molecule has 1 saturated heterocycles. The minimum Gasteiger partial charge on any atom is -0.388 e. The normalized spacial score (nSPS) is 22.8. The molecule has 1 aromatic rings. The third-order valence-corrected chi connectivity index (χ3v) is 3.98. The second-order valence-corrected chi connectivity index (χ2v) is 6.38. The van der Waals surface area contributed by atoms with Crippen LogP contribution in [0.5, 0.6) is 0 Å². The molecule has 0 spiro atoms. The predicted octanol–water partition coefficient (Wildman–Crippen LogP) is -0.847. The number of aromatic nitrogens is 2. The number of carbonyl (C=O) groups excluding carboxylic acids is 1. The van der Waals surface area contributed by atoms with Crippen LogP contribution in [0.15, 0.2) is 15.8 Å². The molecule has 0 saturated carbocycles. The van der Waals surface area contributed by atoms with Gasteiger partial charge in [0.25, 0.3) is 5.56 Å². The van der Waals surface area contributed by atoms with Gasteiger partial charge in [0.1, 0.15) is 17.9 Å². The standard InChI is InChI=1S/C10H12BrN2O9P.2H3N/c11-2-6(15)4-3-13(10(17)12-8(4)16)7-1-5(14)9(21-7)22-23(18,19)20;;/h3,5,7,9,14H,1-2H2,(H,12,16,17)(H2,18,19,20);2*1H3. The Balaban J connectivity index is 0.00000288. The molecule has 1 aliphatic rings. The fourth-order valence-electron chi connectivity index (χ4n) is 2.00. The number of aliphatic hydroxyl groups is 1. The average molecular weight is 449 g/mol. The first-order valence-corrected chi connectivity index (χ1v) is 8.79. The van der Waals surface area contributed by atoms with Crippen LogP contribution in [0.1, 0.15) is 23.0 Å². The van der Waals surface area contributed by atoms with Crippen LogP contribution in [0.2, 0.25) is 0 Å². The number of rotatable bonds is 5. The minimum absolute atomic E-state index is 0. The molecule has 10 N–H and O–H groups in total. The van der Waals surface area contributed by atoms with Crippen LogP contribution < -0.4 is 23.6 Å². The van der Waals surface area contributed by atoms with E-state index in [9.17, 15) is 24.1 Å². The van der Waals surface area contributed by atoms with E-state index in [0.29, 0.717) is 0 Å². The van der Waals surface area contributed by atoms with Gasteiger partial charge in [0.15, 0.2) is 12.1 Å². The molecular formula is C10H18BrN4O9P. The molecule has 25 heavy (non-hydrogen) atoms. The Morgan fingerprint density at radius 3 is 2.56 bits per heavy atom. The number of ketones is 1. The molecule has 1 fully saturated rings. The number of hydrogen-bond acceptors (Lipinski definition) is 9. The van der Waals surface area contributed by atoms with Crippen LogP contribution in [0.4, 0.5) is 0 Å². The van der Waals surface area contributed by atoms with Crippen LogP contribution >= 0.6 is 23.8 Å². The van der Waals surface area contributed by atoms with Crippen LogP contribution in [-0.2, 0) is 13.8 Å². The first-order chi connectivity index (χ1) is 10.6. The summed E-state index contributed by atoms with van der Waals surface area (Å²) in [6.45, 7) is 0. The van der Waals surface area contributed by atoms with Crippen LogP contribution in [0.25, 0.3) is 0 Å². The fourth-order valence-corrected chi connectivity index (χ4v) is 2.76. The van der Waals surface area contributed by atoms with Crippen molar-refractivity contribution in [3.8, 4) is 0 Å². The number of H-pyrrole nitrogens is 1. The van der Waals surface area contributed by atoms with Crippen molar-refractivity contribution in [3.63, 3.8) is 0 Å². The van der Waals surface area contributed by atoms with Crippen molar-refractivity contribution in [3.05, 3.63) is 32.6 Å². The van der Waals surface area contributed by atoms with E-state index in [1.165, 1.54) is 0 Å². The lowest BCUT2D eigenvalue weighted by molar-refractivity contribution is -0.135. The number of nitrogens with zero attached hydrogens (tertiary/aromatic N) is 1. The summed E-state index contributed by atoms with van der Waals surface area (Å²) >= 11 is 2.90. The Hall–Kier alpha value is -1.22. The minimum atomic E-state index is -4.91. The maximum absolute atomic E-state index is 11.8. The zero-order valence-electron chi connectivity index (χ0n) is 12.7. The summed E-state index contributed by atoms with van der Waals surface area (Å²) < 4.78 is 21.0. The topological polar surface area (TPSA) is 238 Å². The number of ether oxygens (including phenoxy) is 1. The highest BCUT2D eigenvalue weighted by Crippen LogP contribution is 2.42. The molecule has 144 valence electrons. The molecule has 1 aliphatic heterocycles. The van der Waals surface area contributed by atoms with E-state index in [2.05, 4.69) is 20.5 Å². The van der Waals surface area contributed by atoms with E-state index in [1.807, 2.05) is 4.98 Å². The molecule has 0 aliphatic carbocycles. The second kappa shape index (κ2) is 8.93. The number of nitrogens with one attached hydrogen (secondary N) is 1. The van der Waals surface area contributed by atoms with Gasteiger partial charge in [-0.1, -0.05) is 15.9 Å². The first kappa shape index (κ1) is 23.8. The van der Waals surface area contributed by atoms with Crippen LogP contribution in [0, 0.1) is 0 Å². The van der Waals surface area contributed by atoms with Crippen LogP contribution in [-0.4, -0.2) is 48.0 Å². The predicted molar refractivity (Wildman–Crippen MR) is 87.2 cm³/mol. The van der Waals surface area contributed by atoms with Crippen molar-refractivity contribution in [2.75, 3.05) is 5.33 Å². The average Bonchev–Trinajstić information content (AvgIpc) is 2.77. The van der Waals surface area contributed by atoms with Gasteiger partial charge in [-0.3, -0.25) is 23.7 Å². The third kappa shape index (κ3) is 5.64. The first-order valence-electron chi connectivity index (χ1n) is 6.14. The smallest absolute Gasteiger partial charge is 0.388 e. The monoisotopic (exact) mass is 448 g/mol. The van der Waals surface area contributed by atoms with Crippen molar-refractivity contribution in [2.24, 2.45) is 0 Å². The second-order valence-electron chi connectivity index (χ2n) is 4.62. The number of carbonyl (C=O) groups is 1. The third-order valence-electron chi connectivity index (χ3n) is 2.99. The lowest BCUT2D eigenvalue weighted by Crippen LogP contribution is -2.35. The van der Waals surface area contributed by atoms with Gasteiger partial charge >= 0.3 is 13.5 Å². The lowest BCUT2D eigenvalue weighted by atomic mass is 10.2. The Morgan fingerprint density at radius 1 is 1.44 bits per heavy atom. The molecule has 0 radical (unpaired) electrons. The quantitative estimate of drug-likeness (QED) is 0.184. The van der Waals surface area contributed by atoms with Gasteiger partial charge in [0, 0.05) is 12.6 Å². The van der Waals surface area contributed by atoms with Gasteiger partial charge in [-0.25, -0.2) is 9.36 Å². The summed E-state index contributed by atoms with van der Waals surface area (Å²) in [6.07, 6.45) is -3.52. The number of halogens is 1. The highest BCUT2D eigenvalue weighted by Gasteiger charge is 2.40. The van der Waals surface area contributed by atoms with Gasteiger partial charge in [-0.05, 0) is 0 Å². The van der Waals surface area contributed by atoms with Crippen molar-refractivity contribution in [1.82, 2.24) is 21.9 Å². The van der Waals surface area contributed by atoms with Gasteiger partial charge in [0.2, 0.25) is 0 Å². The number of aromatic amines is 1. The zero-order chi connectivity index (χ0) is 17.4. The number of aliphatic hydroxyl groups excluding tert-OH is 1. The molecule has 2 heterocycles. The summed E-state index contributed by atoms with van der Waals surface area (Å²) in [5.74, 6) is -0.582. The number of phosphoric ester groups is 1. The highest BCUT2D eigenvalue weighted by molar-refractivity contribution is 9.09. The maximum Gasteiger partial charge on any atom is 0.472 e. The molecule has 15 heteroatoms. The van der Waals surface area contributed by atoms with E-state index in [4.69, 9.17) is 14.5 Å². The molecule has 3 unspecified atom stereocenters. The molecule has 0 amide bonds. The number of hydrogen-bond donors (Lipinski definition) is 6. The number of alkyl halides is 1. The number of phosphoric acid groups is 1. The molecular weight excluding hydrogens is 431 g/mol. The number of Topliss-reactive ketones (excluding diaryl/α,β-unsaturated/α-hetero) is 1. The van der Waals surface area contributed by atoms with E-state index in [-0.39, 0.29) is 29.6 Å². The van der Waals surface area contributed by atoms with Crippen LogP contribution in [0.3, 0.4) is 0 Å². The van der Waals surface area contributed by atoms with Crippen molar-refractivity contribution < 1.29 is 33.5 Å². The SMILES string of the molecule is N.N.O=C(CBr)c1cn(C2CC(O)C(OP(=O)(O)O)O2)c(=O)[nH]c1=O. The summed E-state index contributed by atoms with van der Waals surface area (Å²) in [5, 5.41) is 9.55. The van der Waals surface area contributed by atoms with Crippen molar-refractivity contribution >= 4 is 29.5 Å². The Morgan fingerprint density at radius 2 is 2.04 bits per heavy atom. The summed E-state index contributed by atoms with van der Waals surface area (Å²) in [6, 6.07) is 0. The van der Waals surface area contributed by atoms with Gasteiger partial charge < -0.3 is 31.9 Å². The molecule has 2 rings (SSSR count). The van der Waals surface area contributed by atoms with Gasteiger partial charge in [-0.2, -0.15) is 0 Å².